The van der Waals surface area contributed by atoms with E-state index in [1.165, 1.54) is 0 Å². The van der Waals surface area contributed by atoms with Crippen LogP contribution in [-0.2, 0) is 0 Å². The molecule has 0 radical (unpaired) electrons. The molecule has 1 aromatic heterocycles. The number of aryl methyl sites for hydroxylation is 1. The summed E-state index contributed by atoms with van der Waals surface area (Å²) in [6.07, 6.45) is 1.60. The van der Waals surface area contributed by atoms with E-state index in [1.807, 2.05) is 31.2 Å². The van der Waals surface area contributed by atoms with Crippen molar-refractivity contribution in [1.29, 1.82) is 0 Å². The second-order valence-electron chi connectivity index (χ2n) is 4.42. The standard InChI is InChI=1S/C16H14N2O/c1-11-15-9-13(6-7-16(15)18-10-17-11)12-4-3-5-14(8-12)19-2/h3-10H,1-2H3. The molecule has 0 unspecified atom stereocenters. The molecule has 1 heterocycles. The maximum absolute atomic E-state index is 5.26. The zero-order chi connectivity index (χ0) is 13.2. The highest BCUT2D eigenvalue weighted by Crippen LogP contribution is 2.27. The van der Waals surface area contributed by atoms with Crippen LogP contribution in [0.5, 0.6) is 5.75 Å². The molecule has 0 saturated heterocycles. The van der Waals surface area contributed by atoms with Crippen LogP contribution in [0.2, 0.25) is 0 Å². The van der Waals surface area contributed by atoms with Crippen LogP contribution in [0.1, 0.15) is 5.69 Å². The molecule has 0 bridgehead atoms. The molecule has 0 amide bonds. The first-order chi connectivity index (χ1) is 9.28. The predicted molar refractivity (Wildman–Crippen MR) is 76.3 cm³/mol. The summed E-state index contributed by atoms with van der Waals surface area (Å²) in [5.41, 5.74) is 4.24. The smallest absolute Gasteiger partial charge is 0.119 e. The van der Waals surface area contributed by atoms with Gasteiger partial charge in [0, 0.05) is 11.1 Å². The second kappa shape index (κ2) is 4.69. The lowest BCUT2D eigenvalue weighted by molar-refractivity contribution is 0.415. The molecule has 3 nitrogen and oxygen atoms in total. The quantitative estimate of drug-likeness (QED) is 0.696. The summed E-state index contributed by atoms with van der Waals surface area (Å²) in [5, 5.41) is 1.09. The third-order valence-electron chi connectivity index (χ3n) is 3.24. The van der Waals surface area contributed by atoms with Gasteiger partial charge in [-0.15, -0.1) is 0 Å². The maximum Gasteiger partial charge on any atom is 0.119 e. The summed E-state index contributed by atoms with van der Waals surface area (Å²) in [6.45, 7) is 2.00. The van der Waals surface area contributed by atoms with Gasteiger partial charge in [0.15, 0.2) is 0 Å². The van der Waals surface area contributed by atoms with Gasteiger partial charge in [0.1, 0.15) is 12.1 Å². The molecular weight excluding hydrogens is 236 g/mol. The minimum absolute atomic E-state index is 0.860. The van der Waals surface area contributed by atoms with Gasteiger partial charge in [0.2, 0.25) is 0 Å². The minimum Gasteiger partial charge on any atom is -0.497 e. The SMILES string of the molecule is COc1cccc(-c2ccc3ncnc(C)c3c2)c1. The van der Waals surface area contributed by atoms with E-state index in [0.717, 1.165) is 33.5 Å². The number of hydrogen-bond acceptors (Lipinski definition) is 3. The number of nitrogens with zero attached hydrogens (tertiary/aromatic N) is 2. The Hall–Kier alpha value is -2.42. The lowest BCUT2D eigenvalue weighted by Crippen LogP contribution is -1.88. The zero-order valence-corrected chi connectivity index (χ0v) is 10.9. The van der Waals surface area contributed by atoms with Crippen LogP contribution >= 0.6 is 0 Å². The van der Waals surface area contributed by atoms with Crippen molar-refractivity contribution in [3.8, 4) is 16.9 Å². The van der Waals surface area contributed by atoms with Crippen molar-refractivity contribution >= 4 is 10.9 Å². The third kappa shape index (κ3) is 2.15. The summed E-state index contributed by atoms with van der Waals surface area (Å²) in [7, 11) is 1.68. The van der Waals surface area contributed by atoms with Crippen LogP contribution in [0.25, 0.3) is 22.0 Å². The molecule has 3 heteroatoms. The molecule has 2 aromatic carbocycles. The third-order valence-corrected chi connectivity index (χ3v) is 3.24. The van der Waals surface area contributed by atoms with E-state index < -0.39 is 0 Å². The van der Waals surface area contributed by atoms with Gasteiger partial charge in [0.05, 0.1) is 12.6 Å². The van der Waals surface area contributed by atoms with Crippen LogP contribution in [0.4, 0.5) is 0 Å². The first-order valence-electron chi connectivity index (χ1n) is 6.14. The Labute approximate surface area is 111 Å². The van der Waals surface area contributed by atoms with E-state index in [-0.39, 0.29) is 0 Å². The molecule has 0 aliphatic carbocycles. The number of aromatic nitrogens is 2. The van der Waals surface area contributed by atoms with E-state index in [0.29, 0.717) is 0 Å². The Balaban J connectivity index is 2.17. The molecule has 0 N–H and O–H groups in total. The summed E-state index contributed by atoms with van der Waals surface area (Å²) in [5.74, 6) is 0.860. The highest BCUT2D eigenvalue weighted by Gasteiger charge is 2.04. The average Bonchev–Trinajstić information content (AvgIpc) is 2.47. The first-order valence-corrected chi connectivity index (χ1v) is 6.14. The molecule has 0 saturated carbocycles. The molecule has 0 atom stereocenters. The number of rotatable bonds is 2. The molecule has 0 aliphatic rings. The molecule has 0 aliphatic heterocycles. The summed E-state index contributed by atoms with van der Waals surface area (Å²) < 4.78 is 5.26. The van der Waals surface area contributed by atoms with E-state index in [2.05, 4.69) is 28.2 Å². The average molecular weight is 250 g/mol. The van der Waals surface area contributed by atoms with Crippen molar-refractivity contribution in [3.63, 3.8) is 0 Å². The fourth-order valence-electron chi connectivity index (χ4n) is 2.17. The second-order valence-corrected chi connectivity index (χ2v) is 4.42. The molecule has 3 rings (SSSR count). The van der Waals surface area contributed by atoms with Crippen molar-refractivity contribution < 1.29 is 4.74 Å². The summed E-state index contributed by atoms with van der Waals surface area (Å²) in [4.78, 5) is 8.51. The van der Waals surface area contributed by atoms with E-state index in [1.54, 1.807) is 13.4 Å². The molecule has 0 fully saturated rings. The monoisotopic (exact) mass is 250 g/mol. The van der Waals surface area contributed by atoms with Crippen LogP contribution < -0.4 is 4.74 Å². The zero-order valence-electron chi connectivity index (χ0n) is 10.9. The maximum atomic E-state index is 5.26. The molecule has 94 valence electrons. The normalized spacial score (nSPS) is 10.6. The summed E-state index contributed by atoms with van der Waals surface area (Å²) >= 11 is 0. The largest absolute Gasteiger partial charge is 0.497 e. The Bertz CT molecular complexity index is 738. The number of fused-ring (bicyclic) bond motifs is 1. The van der Waals surface area contributed by atoms with Gasteiger partial charge in [-0.05, 0) is 42.3 Å². The molecule has 19 heavy (non-hydrogen) atoms. The molecular formula is C16H14N2O. The lowest BCUT2D eigenvalue weighted by Gasteiger charge is -2.07. The lowest BCUT2D eigenvalue weighted by atomic mass is 10.0. The van der Waals surface area contributed by atoms with Crippen LogP contribution in [-0.4, -0.2) is 17.1 Å². The Morgan fingerprint density at radius 3 is 2.63 bits per heavy atom. The van der Waals surface area contributed by atoms with Crippen molar-refractivity contribution in [1.82, 2.24) is 9.97 Å². The van der Waals surface area contributed by atoms with Crippen LogP contribution in [0.3, 0.4) is 0 Å². The van der Waals surface area contributed by atoms with E-state index in [4.69, 9.17) is 4.74 Å². The summed E-state index contributed by atoms with van der Waals surface area (Å²) in [6, 6.07) is 14.3. The molecule has 3 aromatic rings. The topological polar surface area (TPSA) is 35.0 Å². The van der Waals surface area contributed by atoms with Crippen LogP contribution in [0, 0.1) is 6.92 Å². The van der Waals surface area contributed by atoms with Gasteiger partial charge in [0.25, 0.3) is 0 Å². The number of ether oxygens (including phenoxy) is 1. The van der Waals surface area contributed by atoms with Gasteiger partial charge in [-0.3, -0.25) is 0 Å². The fourth-order valence-corrected chi connectivity index (χ4v) is 2.17. The van der Waals surface area contributed by atoms with Gasteiger partial charge >= 0.3 is 0 Å². The highest BCUT2D eigenvalue weighted by molar-refractivity contribution is 5.86. The molecule has 0 spiro atoms. The number of methoxy groups -OCH3 is 1. The van der Waals surface area contributed by atoms with Gasteiger partial charge in [-0.2, -0.15) is 0 Å². The van der Waals surface area contributed by atoms with Crippen molar-refractivity contribution in [2.45, 2.75) is 6.92 Å². The van der Waals surface area contributed by atoms with Gasteiger partial charge in [-0.25, -0.2) is 9.97 Å². The first kappa shape index (κ1) is 11.7. The Kier molecular flexibility index (Phi) is 2.88. The van der Waals surface area contributed by atoms with E-state index >= 15 is 0 Å². The number of benzene rings is 2. The van der Waals surface area contributed by atoms with Crippen molar-refractivity contribution in [2.24, 2.45) is 0 Å². The van der Waals surface area contributed by atoms with Gasteiger partial charge in [-0.1, -0.05) is 18.2 Å². The highest BCUT2D eigenvalue weighted by atomic mass is 16.5. The Morgan fingerprint density at radius 2 is 1.79 bits per heavy atom. The Morgan fingerprint density at radius 1 is 0.947 bits per heavy atom. The van der Waals surface area contributed by atoms with Crippen molar-refractivity contribution in [2.75, 3.05) is 7.11 Å². The minimum atomic E-state index is 0.860. The van der Waals surface area contributed by atoms with Crippen LogP contribution in [0.15, 0.2) is 48.8 Å². The van der Waals surface area contributed by atoms with E-state index in [9.17, 15) is 0 Å². The van der Waals surface area contributed by atoms with Crippen molar-refractivity contribution in [3.05, 3.63) is 54.5 Å². The fraction of sp³-hybridized carbons (Fsp3) is 0.125. The predicted octanol–water partition coefficient (Wildman–Crippen LogP) is 3.61. The number of hydrogen-bond donors (Lipinski definition) is 0. The van der Waals surface area contributed by atoms with Gasteiger partial charge < -0.3 is 4.74 Å².